The average molecular weight is 795 g/mol. The van der Waals surface area contributed by atoms with Crippen molar-refractivity contribution in [2.24, 2.45) is 17.6 Å². The average Bonchev–Trinajstić information content (AvgIpc) is 4.06. The van der Waals surface area contributed by atoms with E-state index in [1.807, 2.05) is 43.1 Å². The summed E-state index contributed by atoms with van der Waals surface area (Å²) in [5.41, 5.74) is 9.64. The molecule has 306 valence electrons. The minimum absolute atomic E-state index is 0.0336. The van der Waals surface area contributed by atoms with Gasteiger partial charge in [-0.25, -0.2) is 34.5 Å². The van der Waals surface area contributed by atoms with Crippen LogP contribution in [0.1, 0.15) is 83.5 Å². The summed E-state index contributed by atoms with van der Waals surface area (Å²) in [7, 11) is 2.51. The van der Waals surface area contributed by atoms with Gasteiger partial charge in [0.05, 0.1) is 67.3 Å². The van der Waals surface area contributed by atoms with Crippen LogP contribution in [0.2, 0.25) is 0 Å². The van der Waals surface area contributed by atoms with E-state index in [-0.39, 0.29) is 29.8 Å². The van der Waals surface area contributed by atoms with Gasteiger partial charge in [0.2, 0.25) is 11.8 Å². The fourth-order valence-electron chi connectivity index (χ4n) is 7.20. The summed E-state index contributed by atoms with van der Waals surface area (Å²) in [6.45, 7) is 9.24. The summed E-state index contributed by atoms with van der Waals surface area (Å²) in [6.07, 6.45) is 11.2. The molecule has 4 aromatic heterocycles. The highest BCUT2D eigenvalue weighted by atomic mass is 16.5. The van der Waals surface area contributed by atoms with Crippen molar-refractivity contribution in [3.8, 4) is 34.0 Å². The van der Waals surface area contributed by atoms with Gasteiger partial charge in [-0.05, 0) is 49.7 Å². The molecule has 58 heavy (non-hydrogen) atoms. The molecule has 2 unspecified atom stereocenters. The Bertz CT molecular complexity index is 2240. The molecule has 0 bridgehead atoms. The standard InChI is InChI=1S/C38H45N11O4.C2H5NO2/c1-21(2)14-32(50)48-12-6-8-30(48)35-42-18-27(45-35)23-10-11-25-26(15-23)39-20-29(44-25)34-40-16-24(17-41-34)28-19-43-36(46-28)31-9-7-13-49(31)37(51)33(22(3)4)47-38(52)53-5;1-5-2(3)4/h10-11,15-22,30-31,33H,6-9,12-14H2,1-5H3,(H,42,45)(H,43,46)(H,47,52);1H3,(H2,3,4)/t30?,31-,33?;/m0./s1. The molecule has 6 heterocycles. The van der Waals surface area contributed by atoms with Crippen molar-refractivity contribution in [2.45, 2.75) is 77.9 Å². The summed E-state index contributed by atoms with van der Waals surface area (Å²) in [5, 5.41) is 2.68. The van der Waals surface area contributed by atoms with Crippen molar-refractivity contribution < 1.29 is 28.7 Å². The van der Waals surface area contributed by atoms with Crippen LogP contribution in [0.4, 0.5) is 9.59 Å². The van der Waals surface area contributed by atoms with Gasteiger partial charge >= 0.3 is 12.2 Å². The second-order valence-electron chi connectivity index (χ2n) is 15.0. The van der Waals surface area contributed by atoms with Crippen molar-refractivity contribution >= 4 is 35.0 Å². The fourth-order valence-corrected chi connectivity index (χ4v) is 7.20. The number of amides is 4. The molecule has 2 aliphatic heterocycles. The third-order valence-electron chi connectivity index (χ3n) is 10.2. The number of alkyl carbamates (subject to hydrolysis) is 1. The first-order valence-corrected chi connectivity index (χ1v) is 19.3. The van der Waals surface area contributed by atoms with Gasteiger partial charge in [-0.3, -0.25) is 14.6 Å². The highest BCUT2D eigenvalue weighted by molar-refractivity contribution is 5.86. The Hall–Kier alpha value is -6.46. The van der Waals surface area contributed by atoms with Crippen LogP contribution in [-0.4, -0.2) is 107 Å². The number of fused-ring (bicyclic) bond motifs is 1. The molecule has 3 atom stereocenters. The molecule has 2 fully saturated rings. The van der Waals surface area contributed by atoms with Crippen molar-refractivity contribution in [2.75, 3.05) is 27.3 Å². The summed E-state index contributed by atoms with van der Waals surface area (Å²) < 4.78 is 8.63. The van der Waals surface area contributed by atoms with Gasteiger partial charge in [0.15, 0.2) is 5.82 Å². The first-order chi connectivity index (χ1) is 27.9. The number of nitrogens with two attached hydrogens (primary N) is 1. The third kappa shape index (κ3) is 9.38. The second-order valence-corrected chi connectivity index (χ2v) is 15.0. The van der Waals surface area contributed by atoms with Crippen molar-refractivity contribution in [1.82, 2.24) is 55.0 Å². The van der Waals surface area contributed by atoms with E-state index < -0.39 is 18.2 Å². The first-order valence-electron chi connectivity index (χ1n) is 19.3. The Morgan fingerprint density at radius 2 is 1.40 bits per heavy atom. The molecule has 1 aromatic carbocycles. The maximum atomic E-state index is 13.5. The molecule has 5 aromatic rings. The molecule has 0 aliphatic carbocycles. The quantitative estimate of drug-likeness (QED) is 0.140. The Morgan fingerprint density at radius 1 is 0.793 bits per heavy atom. The van der Waals surface area contributed by atoms with E-state index in [1.54, 1.807) is 29.7 Å². The van der Waals surface area contributed by atoms with Crippen molar-refractivity contribution in [1.29, 1.82) is 0 Å². The Morgan fingerprint density at radius 3 is 1.98 bits per heavy atom. The molecular weight excluding hydrogens is 745 g/mol. The van der Waals surface area contributed by atoms with E-state index in [9.17, 15) is 19.2 Å². The summed E-state index contributed by atoms with van der Waals surface area (Å²) in [6, 6.07) is 4.88. The number of aromatic nitrogens is 8. The summed E-state index contributed by atoms with van der Waals surface area (Å²) in [5.74, 6) is 2.12. The van der Waals surface area contributed by atoms with Gasteiger partial charge in [-0.1, -0.05) is 33.8 Å². The van der Waals surface area contributed by atoms with E-state index in [1.165, 1.54) is 14.2 Å². The Kier molecular flexibility index (Phi) is 12.9. The maximum absolute atomic E-state index is 13.5. The van der Waals surface area contributed by atoms with E-state index in [0.717, 1.165) is 66.1 Å². The Labute approximate surface area is 335 Å². The lowest BCUT2D eigenvalue weighted by molar-refractivity contribution is -0.135. The van der Waals surface area contributed by atoms with Gasteiger partial charge in [-0.15, -0.1) is 0 Å². The van der Waals surface area contributed by atoms with E-state index in [4.69, 9.17) is 9.72 Å². The zero-order valence-corrected chi connectivity index (χ0v) is 33.6. The summed E-state index contributed by atoms with van der Waals surface area (Å²) in [4.78, 5) is 86.1. The van der Waals surface area contributed by atoms with Crippen LogP contribution in [0.3, 0.4) is 0 Å². The fraction of sp³-hybridized carbons (Fsp3) is 0.450. The summed E-state index contributed by atoms with van der Waals surface area (Å²) >= 11 is 0. The molecule has 2 aliphatic rings. The molecule has 0 radical (unpaired) electrons. The smallest absolute Gasteiger partial charge is 0.407 e. The van der Waals surface area contributed by atoms with Gasteiger partial charge in [0.1, 0.15) is 23.4 Å². The number of hydrogen-bond donors (Lipinski definition) is 4. The van der Waals surface area contributed by atoms with Crippen LogP contribution in [0.15, 0.2) is 49.2 Å². The van der Waals surface area contributed by atoms with Crippen LogP contribution in [0, 0.1) is 11.8 Å². The number of methoxy groups -OCH3 is 2. The number of benzene rings is 1. The number of imidazole rings is 2. The molecule has 2 saturated heterocycles. The predicted octanol–water partition coefficient (Wildman–Crippen LogP) is 5.33. The van der Waals surface area contributed by atoms with Gasteiger partial charge in [0, 0.05) is 43.0 Å². The van der Waals surface area contributed by atoms with Gasteiger partial charge in [-0.2, -0.15) is 0 Å². The van der Waals surface area contributed by atoms with Gasteiger partial charge < -0.3 is 40.3 Å². The minimum atomic E-state index is -0.745. The number of carbonyl (C=O) groups excluding carboxylic acids is 4. The normalized spacial score (nSPS) is 17.0. The zero-order chi connectivity index (χ0) is 41.5. The molecule has 0 spiro atoms. The molecular formula is C40H50N12O6. The van der Waals surface area contributed by atoms with E-state index in [2.05, 4.69) is 64.5 Å². The number of primary amides is 1. The molecule has 18 nitrogen and oxygen atoms in total. The maximum Gasteiger partial charge on any atom is 0.407 e. The number of carbonyl (C=O) groups is 4. The van der Waals surface area contributed by atoms with Crippen LogP contribution in [0.5, 0.6) is 0 Å². The number of nitrogens with one attached hydrogen (secondary N) is 3. The van der Waals surface area contributed by atoms with Crippen LogP contribution in [-0.2, 0) is 19.1 Å². The highest BCUT2D eigenvalue weighted by Crippen LogP contribution is 2.34. The second kappa shape index (κ2) is 18.2. The number of aromatic amines is 2. The number of likely N-dealkylation sites (tertiary alicyclic amines) is 2. The molecule has 0 saturated carbocycles. The predicted molar refractivity (Wildman–Crippen MR) is 213 cm³/mol. The lowest BCUT2D eigenvalue weighted by Gasteiger charge is -2.30. The number of nitrogens with zero attached hydrogens (tertiary/aromatic N) is 8. The third-order valence-corrected chi connectivity index (χ3v) is 10.2. The van der Waals surface area contributed by atoms with Crippen molar-refractivity contribution in [3.63, 3.8) is 0 Å². The number of hydrogen-bond acceptors (Lipinski definition) is 12. The van der Waals surface area contributed by atoms with Crippen molar-refractivity contribution in [3.05, 3.63) is 60.8 Å². The minimum Gasteiger partial charge on any atom is -0.453 e. The number of H-pyrrole nitrogens is 2. The number of ether oxygens (including phenoxy) is 2. The van der Waals surface area contributed by atoms with Gasteiger partial charge in [0.25, 0.3) is 0 Å². The zero-order valence-electron chi connectivity index (χ0n) is 33.6. The molecule has 5 N–H and O–H groups in total. The van der Waals surface area contributed by atoms with E-state index in [0.29, 0.717) is 41.7 Å². The largest absolute Gasteiger partial charge is 0.453 e. The van der Waals surface area contributed by atoms with E-state index >= 15 is 0 Å². The molecule has 7 rings (SSSR count). The van der Waals surface area contributed by atoms with Crippen LogP contribution < -0.4 is 11.1 Å². The highest BCUT2D eigenvalue weighted by Gasteiger charge is 2.37. The lowest BCUT2D eigenvalue weighted by Crippen LogP contribution is -2.51. The van der Waals surface area contributed by atoms with Crippen LogP contribution >= 0.6 is 0 Å². The SMILES string of the molecule is COC(=O)NC(C(=O)N1CCC[C@H]1c1ncc(-c2cnc(-c3cnc4cc(-c5cnc(C6CCCN6C(=O)CC(C)C)[nH]5)ccc4n3)nc2)[nH]1)C(C)C.COC(N)=O. The topological polar surface area (TPSA) is 240 Å². The molecule has 4 amide bonds. The first kappa shape index (κ1) is 41.2. The lowest BCUT2D eigenvalue weighted by atomic mass is 10.0. The monoisotopic (exact) mass is 794 g/mol. The Balaban J connectivity index is 0.00000107. The molecule has 18 heteroatoms. The number of rotatable bonds is 10. The van der Waals surface area contributed by atoms with Crippen LogP contribution in [0.25, 0.3) is 45.1 Å².